The molecule has 0 atom stereocenters. The van der Waals surface area contributed by atoms with Crippen LogP contribution in [0.1, 0.15) is 11.1 Å². The molecular formula is C18H20ClN3OS. The number of nitrogens with zero attached hydrogens (tertiary/aromatic N) is 2. The second kappa shape index (κ2) is 9.35. The number of thioether (sulfide) groups is 1. The highest BCUT2D eigenvalue weighted by atomic mass is 35.5. The van der Waals surface area contributed by atoms with Crippen molar-refractivity contribution in [1.82, 2.24) is 5.43 Å². The van der Waals surface area contributed by atoms with Crippen LogP contribution in [0.4, 0.5) is 5.69 Å². The SMILES string of the molecule is CN(C)c1ccc(/C=N\NC(=O)CSCc2cccc(Cl)c2)cc1. The van der Waals surface area contributed by atoms with Gasteiger partial charge in [-0.05, 0) is 35.4 Å². The summed E-state index contributed by atoms with van der Waals surface area (Å²) in [5.41, 5.74) is 5.70. The van der Waals surface area contributed by atoms with Gasteiger partial charge in [0.25, 0.3) is 0 Å². The van der Waals surface area contributed by atoms with Crippen LogP contribution in [0.15, 0.2) is 53.6 Å². The first kappa shape index (κ1) is 18.4. The number of benzene rings is 2. The van der Waals surface area contributed by atoms with E-state index in [9.17, 15) is 4.79 Å². The molecule has 0 heterocycles. The van der Waals surface area contributed by atoms with E-state index in [-0.39, 0.29) is 5.91 Å². The number of halogens is 1. The van der Waals surface area contributed by atoms with Crippen molar-refractivity contribution in [2.75, 3.05) is 24.7 Å². The molecule has 4 nitrogen and oxygen atoms in total. The quantitative estimate of drug-likeness (QED) is 0.602. The molecule has 0 radical (unpaired) electrons. The van der Waals surface area contributed by atoms with Gasteiger partial charge in [0.1, 0.15) is 0 Å². The number of rotatable bonds is 7. The van der Waals surface area contributed by atoms with Crippen LogP contribution in [0.25, 0.3) is 0 Å². The molecule has 0 fully saturated rings. The standard InChI is InChI=1S/C18H20ClN3OS/c1-22(2)17-8-6-14(7-9-17)11-20-21-18(23)13-24-12-15-4-3-5-16(19)10-15/h3-11H,12-13H2,1-2H3,(H,21,23)/b20-11-. The monoisotopic (exact) mass is 361 g/mol. The van der Waals surface area contributed by atoms with Crippen LogP contribution in [0.2, 0.25) is 5.02 Å². The molecule has 2 rings (SSSR count). The highest BCUT2D eigenvalue weighted by Gasteiger charge is 2.01. The summed E-state index contributed by atoms with van der Waals surface area (Å²) in [6.07, 6.45) is 1.64. The second-order valence-corrected chi connectivity index (χ2v) is 6.82. The molecule has 0 aliphatic carbocycles. The maximum atomic E-state index is 11.8. The van der Waals surface area contributed by atoms with Crippen molar-refractivity contribution in [2.24, 2.45) is 5.10 Å². The molecule has 2 aromatic rings. The molecule has 0 aromatic heterocycles. The van der Waals surface area contributed by atoms with Gasteiger partial charge in [0.2, 0.25) is 5.91 Å². The Morgan fingerprint density at radius 3 is 2.67 bits per heavy atom. The smallest absolute Gasteiger partial charge is 0.250 e. The van der Waals surface area contributed by atoms with Crippen LogP contribution in [-0.2, 0) is 10.5 Å². The van der Waals surface area contributed by atoms with Crippen LogP contribution in [0.5, 0.6) is 0 Å². The number of carbonyl (C=O) groups is 1. The molecule has 0 aliphatic rings. The van der Waals surface area contributed by atoms with Crippen molar-refractivity contribution in [3.8, 4) is 0 Å². The van der Waals surface area contributed by atoms with Gasteiger partial charge in [-0.15, -0.1) is 11.8 Å². The van der Waals surface area contributed by atoms with Crippen molar-refractivity contribution in [1.29, 1.82) is 0 Å². The number of hydrazone groups is 1. The Hall–Kier alpha value is -1.98. The highest BCUT2D eigenvalue weighted by molar-refractivity contribution is 7.99. The Bertz CT molecular complexity index is 702. The summed E-state index contributed by atoms with van der Waals surface area (Å²) >= 11 is 7.45. The van der Waals surface area contributed by atoms with Crippen LogP contribution >= 0.6 is 23.4 Å². The van der Waals surface area contributed by atoms with E-state index in [1.54, 1.807) is 6.21 Å². The number of anilines is 1. The Balaban J connectivity index is 1.72. The molecule has 24 heavy (non-hydrogen) atoms. The van der Waals surface area contributed by atoms with Crippen LogP contribution < -0.4 is 10.3 Å². The Labute approximate surface area is 151 Å². The van der Waals surface area contributed by atoms with Gasteiger partial charge >= 0.3 is 0 Å². The van der Waals surface area contributed by atoms with Gasteiger partial charge in [0, 0.05) is 30.6 Å². The fourth-order valence-corrected chi connectivity index (χ4v) is 2.94. The second-order valence-electron chi connectivity index (χ2n) is 5.40. The van der Waals surface area contributed by atoms with Gasteiger partial charge in [0.15, 0.2) is 0 Å². The van der Waals surface area contributed by atoms with E-state index in [0.29, 0.717) is 10.8 Å². The van der Waals surface area contributed by atoms with Crippen molar-refractivity contribution >= 4 is 41.2 Å². The molecule has 0 bridgehead atoms. The lowest BCUT2D eigenvalue weighted by Gasteiger charge is -2.11. The summed E-state index contributed by atoms with van der Waals surface area (Å²) in [5, 5.41) is 4.69. The average molecular weight is 362 g/mol. The van der Waals surface area contributed by atoms with E-state index < -0.39 is 0 Å². The first-order valence-electron chi connectivity index (χ1n) is 7.46. The lowest BCUT2D eigenvalue weighted by Crippen LogP contribution is -2.19. The predicted octanol–water partition coefficient (Wildman–Crippen LogP) is 3.79. The fourth-order valence-electron chi connectivity index (χ4n) is 1.96. The molecule has 0 saturated carbocycles. The lowest BCUT2D eigenvalue weighted by atomic mass is 10.2. The van der Waals surface area contributed by atoms with Crippen molar-refractivity contribution in [3.63, 3.8) is 0 Å². The molecule has 1 N–H and O–H groups in total. The van der Waals surface area contributed by atoms with E-state index in [4.69, 9.17) is 11.6 Å². The third kappa shape index (κ3) is 6.26. The molecule has 2 aromatic carbocycles. The molecule has 1 amide bonds. The number of carbonyl (C=O) groups excluding carboxylic acids is 1. The fraction of sp³-hybridized carbons (Fsp3) is 0.222. The zero-order valence-corrected chi connectivity index (χ0v) is 15.3. The summed E-state index contributed by atoms with van der Waals surface area (Å²) in [6.45, 7) is 0. The summed E-state index contributed by atoms with van der Waals surface area (Å²) in [7, 11) is 3.98. The summed E-state index contributed by atoms with van der Waals surface area (Å²) in [5.74, 6) is 0.968. The Kier molecular flexibility index (Phi) is 7.15. The molecule has 0 saturated heterocycles. The van der Waals surface area contributed by atoms with Gasteiger partial charge in [-0.1, -0.05) is 35.9 Å². The van der Waals surface area contributed by atoms with Gasteiger partial charge in [-0.3, -0.25) is 4.79 Å². The van der Waals surface area contributed by atoms with Gasteiger partial charge in [0.05, 0.1) is 12.0 Å². The minimum atomic E-state index is -0.122. The third-order valence-electron chi connectivity index (χ3n) is 3.20. The Morgan fingerprint density at radius 1 is 1.25 bits per heavy atom. The topological polar surface area (TPSA) is 44.7 Å². The molecule has 0 unspecified atom stereocenters. The van der Waals surface area contributed by atoms with Crippen molar-refractivity contribution in [3.05, 3.63) is 64.7 Å². The van der Waals surface area contributed by atoms with Gasteiger partial charge in [-0.2, -0.15) is 5.10 Å². The van der Waals surface area contributed by atoms with Gasteiger partial charge < -0.3 is 4.90 Å². The maximum Gasteiger partial charge on any atom is 0.250 e. The normalized spacial score (nSPS) is 10.8. The third-order valence-corrected chi connectivity index (χ3v) is 4.44. The van der Waals surface area contributed by atoms with Crippen LogP contribution in [0, 0.1) is 0 Å². The number of hydrogen-bond acceptors (Lipinski definition) is 4. The van der Waals surface area contributed by atoms with E-state index >= 15 is 0 Å². The zero-order chi connectivity index (χ0) is 17.4. The lowest BCUT2D eigenvalue weighted by molar-refractivity contribution is -0.118. The number of nitrogens with one attached hydrogen (secondary N) is 1. The molecular weight excluding hydrogens is 342 g/mol. The first-order valence-corrected chi connectivity index (χ1v) is 8.99. The first-order chi connectivity index (χ1) is 11.5. The van der Waals surface area contributed by atoms with Gasteiger partial charge in [-0.25, -0.2) is 5.43 Å². The molecule has 0 aliphatic heterocycles. The van der Waals surface area contributed by atoms with Crippen LogP contribution in [-0.4, -0.2) is 32.0 Å². The number of hydrogen-bond donors (Lipinski definition) is 1. The largest absolute Gasteiger partial charge is 0.378 e. The minimum Gasteiger partial charge on any atom is -0.378 e. The van der Waals surface area contributed by atoms with Crippen molar-refractivity contribution < 1.29 is 4.79 Å². The summed E-state index contributed by atoms with van der Waals surface area (Å²) < 4.78 is 0. The average Bonchev–Trinajstić information content (AvgIpc) is 2.55. The van der Waals surface area contributed by atoms with E-state index in [2.05, 4.69) is 10.5 Å². The molecule has 126 valence electrons. The van der Waals surface area contributed by atoms with E-state index in [1.807, 2.05) is 67.5 Å². The van der Waals surface area contributed by atoms with Crippen LogP contribution in [0.3, 0.4) is 0 Å². The maximum absolute atomic E-state index is 11.8. The Morgan fingerprint density at radius 2 is 2.00 bits per heavy atom. The van der Waals surface area contributed by atoms with Crippen molar-refractivity contribution in [2.45, 2.75) is 5.75 Å². The highest BCUT2D eigenvalue weighted by Crippen LogP contribution is 2.16. The van der Waals surface area contributed by atoms with E-state index in [0.717, 1.165) is 22.6 Å². The summed E-state index contributed by atoms with van der Waals surface area (Å²) in [4.78, 5) is 13.8. The zero-order valence-electron chi connectivity index (χ0n) is 13.7. The molecule has 0 spiro atoms. The number of amides is 1. The van der Waals surface area contributed by atoms with E-state index in [1.165, 1.54) is 11.8 Å². The summed E-state index contributed by atoms with van der Waals surface area (Å²) in [6, 6.07) is 15.6. The molecule has 6 heteroatoms. The predicted molar refractivity (Wildman–Crippen MR) is 104 cm³/mol. The minimum absolute atomic E-state index is 0.122.